The van der Waals surface area contributed by atoms with Crippen LogP contribution in [-0.4, -0.2) is 31.9 Å². The zero-order valence-corrected chi connectivity index (χ0v) is 9.50. The van der Waals surface area contributed by atoms with Gasteiger partial charge < -0.3 is 5.32 Å². The van der Waals surface area contributed by atoms with E-state index >= 15 is 0 Å². The molecule has 0 aliphatic carbocycles. The molecule has 2 N–H and O–H groups in total. The van der Waals surface area contributed by atoms with Gasteiger partial charge in [-0.1, -0.05) is 18.2 Å². The van der Waals surface area contributed by atoms with E-state index in [1.807, 2.05) is 18.2 Å². The average molecular weight is 239 g/mol. The molecule has 6 heteroatoms. The zero-order valence-electron chi connectivity index (χ0n) is 8.68. The van der Waals surface area contributed by atoms with Crippen molar-refractivity contribution in [2.45, 2.75) is 12.6 Å². The summed E-state index contributed by atoms with van der Waals surface area (Å²) < 4.78 is 28.1. The van der Waals surface area contributed by atoms with Gasteiger partial charge in [0.2, 0.25) is 0 Å². The molecule has 1 saturated heterocycles. The van der Waals surface area contributed by atoms with E-state index < -0.39 is 10.2 Å². The molecular weight excluding hydrogens is 226 g/mol. The maximum absolute atomic E-state index is 12.0. The highest BCUT2D eigenvalue weighted by atomic mass is 32.2. The molecule has 3 rings (SSSR count). The number of hydrogen-bond acceptors (Lipinski definition) is 3. The lowest BCUT2D eigenvalue weighted by molar-refractivity contribution is 0.235. The monoisotopic (exact) mass is 239 g/mol. The van der Waals surface area contributed by atoms with Crippen molar-refractivity contribution in [1.82, 2.24) is 9.62 Å². The molecule has 1 aromatic rings. The van der Waals surface area contributed by atoms with Crippen LogP contribution in [0.2, 0.25) is 0 Å². The Morgan fingerprint density at radius 2 is 2.00 bits per heavy atom. The normalized spacial score (nSPS) is 24.2. The van der Waals surface area contributed by atoms with Crippen LogP contribution in [0.5, 0.6) is 0 Å². The molecule has 2 aliphatic heterocycles. The fourth-order valence-corrected chi connectivity index (χ4v) is 3.46. The summed E-state index contributed by atoms with van der Waals surface area (Å²) in [5.74, 6) is 0. The number of hydrogen-bond donors (Lipinski definition) is 2. The quantitative estimate of drug-likeness (QED) is 0.732. The summed E-state index contributed by atoms with van der Waals surface area (Å²) in [6, 6.07) is 7.60. The van der Waals surface area contributed by atoms with Crippen molar-refractivity contribution in [3.8, 4) is 0 Å². The molecule has 16 heavy (non-hydrogen) atoms. The summed E-state index contributed by atoms with van der Waals surface area (Å²) in [4.78, 5) is 0. The van der Waals surface area contributed by atoms with Crippen LogP contribution >= 0.6 is 0 Å². The molecule has 0 spiro atoms. The molecule has 5 nitrogen and oxygen atoms in total. The van der Waals surface area contributed by atoms with Crippen LogP contribution in [0.3, 0.4) is 0 Å². The first-order valence-corrected chi connectivity index (χ1v) is 6.69. The molecule has 0 atom stereocenters. The van der Waals surface area contributed by atoms with E-state index in [2.05, 4.69) is 10.0 Å². The highest BCUT2D eigenvalue weighted by Crippen LogP contribution is 2.28. The van der Waals surface area contributed by atoms with Crippen LogP contribution in [0, 0.1) is 0 Å². The Kier molecular flexibility index (Phi) is 2.17. The van der Waals surface area contributed by atoms with E-state index in [9.17, 15) is 8.42 Å². The SMILES string of the molecule is O=S1(=O)Nc2ccccc2CN1C1CNC1. The van der Waals surface area contributed by atoms with Crippen molar-refractivity contribution >= 4 is 15.9 Å². The van der Waals surface area contributed by atoms with Crippen LogP contribution in [-0.2, 0) is 16.8 Å². The van der Waals surface area contributed by atoms with Crippen molar-refractivity contribution < 1.29 is 8.42 Å². The number of nitrogens with one attached hydrogen (secondary N) is 2. The van der Waals surface area contributed by atoms with Gasteiger partial charge in [-0.25, -0.2) is 0 Å². The fraction of sp³-hybridized carbons (Fsp3) is 0.400. The van der Waals surface area contributed by atoms with Crippen LogP contribution in [0.15, 0.2) is 24.3 Å². The molecule has 0 aromatic heterocycles. The van der Waals surface area contributed by atoms with Gasteiger partial charge in [0.15, 0.2) is 0 Å². The second kappa shape index (κ2) is 3.44. The van der Waals surface area contributed by atoms with Crippen molar-refractivity contribution in [1.29, 1.82) is 0 Å². The smallest absolute Gasteiger partial charge is 0.302 e. The number of benzene rings is 1. The van der Waals surface area contributed by atoms with Gasteiger partial charge in [-0.05, 0) is 11.6 Å². The second-order valence-electron chi connectivity index (χ2n) is 4.12. The third-order valence-electron chi connectivity index (χ3n) is 3.06. The first-order valence-electron chi connectivity index (χ1n) is 5.25. The Morgan fingerprint density at radius 3 is 2.69 bits per heavy atom. The molecule has 0 amide bonds. The van der Waals surface area contributed by atoms with Crippen LogP contribution in [0.25, 0.3) is 0 Å². The summed E-state index contributed by atoms with van der Waals surface area (Å²) in [5, 5.41) is 3.09. The summed E-state index contributed by atoms with van der Waals surface area (Å²) in [6.07, 6.45) is 0. The maximum Gasteiger partial charge on any atom is 0.302 e. The summed E-state index contributed by atoms with van der Waals surface area (Å²) in [6.45, 7) is 1.95. The number of para-hydroxylation sites is 1. The second-order valence-corrected chi connectivity index (χ2v) is 5.74. The van der Waals surface area contributed by atoms with Gasteiger partial charge in [-0.2, -0.15) is 12.7 Å². The van der Waals surface area contributed by atoms with Crippen LogP contribution < -0.4 is 10.0 Å². The van der Waals surface area contributed by atoms with Crippen LogP contribution in [0.4, 0.5) is 5.69 Å². The molecule has 1 fully saturated rings. The van der Waals surface area contributed by atoms with Gasteiger partial charge in [-0.3, -0.25) is 4.72 Å². The van der Waals surface area contributed by atoms with Gasteiger partial charge in [0.25, 0.3) is 0 Å². The van der Waals surface area contributed by atoms with Gasteiger partial charge in [0.05, 0.1) is 11.7 Å². The van der Waals surface area contributed by atoms with Crippen molar-refractivity contribution in [3.63, 3.8) is 0 Å². The van der Waals surface area contributed by atoms with E-state index in [1.165, 1.54) is 4.31 Å². The third-order valence-corrected chi connectivity index (χ3v) is 4.58. The molecule has 0 bridgehead atoms. The minimum absolute atomic E-state index is 0.0888. The van der Waals surface area contributed by atoms with Crippen LogP contribution in [0.1, 0.15) is 5.56 Å². The highest BCUT2D eigenvalue weighted by Gasteiger charge is 2.37. The lowest BCUT2D eigenvalue weighted by atomic mass is 10.1. The summed E-state index contributed by atoms with van der Waals surface area (Å²) in [7, 11) is -3.35. The predicted molar refractivity (Wildman–Crippen MR) is 61.2 cm³/mol. The Hall–Kier alpha value is -1.11. The highest BCUT2D eigenvalue weighted by molar-refractivity contribution is 7.90. The van der Waals surface area contributed by atoms with Gasteiger partial charge in [-0.15, -0.1) is 0 Å². The van der Waals surface area contributed by atoms with E-state index in [1.54, 1.807) is 6.07 Å². The zero-order chi connectivity index (χ0) is 11.2. The molecule has 0 radical (unpaired) electrons. The average Bonchev–Trinajstić information content (AvgIpc) is 2.15. The molecular formula is C10H13N3O2S. The standard InChI is InChI=1S/C10H13N3O2S/c14-16(15)12-10-4-2-1-3-8(10)7-13(16)9-5-11-6-9/h1-4,9,11-12H,5-7H2. The van der Waals surface area contributed by atoms with Gasteiger partial charge >= 0.3 is 10.2 Å². The molecule has 2 aliphatic rings. The minimum atomic E-state index is -3.35. The minimum Gasteiger partial charge on any atom is -0.313 e. The van der Waals surface area contributed by atoms with Gasteiger partial charge in [0, 0.05) is 19.6 Å². The van der Waals surface area contributed by atoms with Crippen molar-refractivity contribution in [3.05, 3.63) is 29.8 Å². The predicted octanol–water partition coefficient (Wildman–Crippen LogP) is 0.131. The van der Waals surface area contributed by atoms with Crippen molar-refractivity contribution in [2.24, 2.45) is 0 Å². The van der Waals surface area contributed by atoms with E-state index in [0.29, 0.717) is 12.2 Å². The Balaban J connectivity index is 1.98. The largest absolute Gasteiger partial charge is 0.313 e. The number of fused-ring (bicyclic) bond motifs is 1. The topological polar surface area (TPSA) is 61.4 Å². The fourth-order valence-electron chi connectivity index (χ4n) is 2.01. The Morgan fingerprint density at radius 1 is 1.25 bits per heavy atom. The molecule has 1 aromatic carbocycles. The lowest BCUT2D eigenvalue weighted by Crippen LogP contribution is -2.60. The van der Waals surface area contributed by atoms with E-state index in [0.717, 1.165) is 18.7 Å². The van der Waals surface area contributed by atoms with E-state index in [4.69, 9.17) is 0 Å². The number of nitrogens with zero attached hydrogens (tertiary/aromatic N) is 1. The molecule has 0 unspecified atom stereocenters. The van der Waals surface area contributed by atoms with E-state index in [-0.39, 0.29) is 6.04 Å². The number of anilines is 1. The molecule has 86 valence electrons. The summed E-state index contributed by atoms with van der Waals surface area (Å²) >= 11 is 0. The Labute approximate surface area is 94.6 Å². The van der Waals surface area contributed by atoms with Gasteiger partial charge in [0.1, 0.15) is 0 Å². The van der Waals surface area contributed by atoms with Crippen molar-refractivity contribution in [2.75, 3.05) is 17.8 Å². The Bertz CT molecular complexity index is 511. The lowest BCUT2D eigenvalue weighted by Gasteiger charge is -2.39. The first kappa shape index (κ1) is 10.1. The molecule has 2 heterocycles. The number of rotatable bonds is 1. The first-order chi connectivity index (χ1) is 7.67. The molecule has 0 saturated carbocycles. The third kappa shape index (κ3) is 1.50. The maximum atomic E-state index is 12.0. The summed E-state index contributed by atoms with van der Waals surface area (Å²) in [5.41, 5.74) is 1.73.